The van der Waals surface area contributed by atoms with Crippen LogP contribution in [0.25, 0.3) is 0 Å². The molecule has 0 heterocycles. The zero-order chi connectivity index (χ0) is 15.9. The molecule has 0 aromatic heterocycles. The lowest BCUT2D eigenvalue weighted by molar-refractivity contribution is 0.136. The van der Waals surface area contributed by atoms with E-state index in [1.165, 1.54) is 7.11 Å². The zero-order valence-electron chi connectivity index (χ0n) is 12.3. The van der Waals surface area contributed by atoms with Gasteiger partial charge in [0.2, 0.25) is 10.0 Å². The second-order valence-corrected chi connectivity index (χ2v) is 6.12. The van der Waals surface area contributed by atoms with Gasteiger partial charge in [0.15, 0.2) is 0 Å². The Morgan fingerprint density at radius 3 is 2.33 bits per heavy atom. The molecule has 0 spiro atoms. The van der Waals surface area contributed by atoms with Crippen LogP contribution in [-0.2, 0) is 19.5 Å². The first-order chi connectivity index (χ1) is 9.86. The van der Waals surface area contributed by atoms with E-state index in [-0.39, 0.29) is 12.4 Å². The van der Waals surface area contributed by atoms with Gasteiger partial charge < -0.3 is 9.47 Å². The molecule has 1 aromatic rings. The minimum absolute atomic E-state index is 0.133. The molecule has 1 aromatic carbocycles. The van der Waals surface area contributed by atoms with Crippen LogP contribution in [0, 0.1) is 0 Å². The minimum Gasteiger partial charge on any atom is -0.450 e. The topological polar surface area (TPSA) is 93.7 Å². The van der Waals surface area contributed by atoms with Crippen molar-refractivity contribution in [3.8, 4) is 0 Å². The van der Waals surface area contributed by atoms with E-state index in [1.807, 2.05) is 0 Å². The second-order valence-electron chi connectivity index (χ2n) is 4.35. The number of carbonyl (C=O) groups excluding carboxylic acids is 1. The van der Waals surface area contributed by atoms with E-state index in [1.54, 1.807) is 38.1 Å². The number of nitrogens with one attached hydrogen (secondary N) is 2. The van der Waals surface area contributed by atoms with Crippen molar-refractivity contribution < 1.29 is 22.7 Å². The van der Waals surface area contributed by atoms with E-state index >= 15 is 0 Å². The number of sulfonamides is 1. The summed E-state index contributed by atoms with van der Waals surface area (Å²) in [5, 5.41) is 2.52. The van der Waals surface area contributed by atoms with Crippen LogP contribution in [0.15, 0.2) is 24.3 Å². The van der Waals surface area contributed by atoms with E-state index in [2.05, 4.69) is 10.0 Å². The van der Waals surface area contributed by atoms with Gasteiger partial charge in [-0.3, -0.25) is 10.0 Å². The Morgan fingerprint density at radius 2 is 1.81 bits per heavy atom. The van der Waals surface area contributed by atoms with Crippen molar-refractivity contribution in [3.63, 3.8) is 0 Å². The lowest BCUT2D eigenvalue weighted by atomic mass is 10.3. The van der Waals surface area contributed by atoms with Gasteiger partial charge in [-0.05, 0) is 38.1 Å². The summed E-state index contributed by atoms with van der Waals surface area (Å²) < 4.78 is 35.8. The monoisotopic (exact) mass is 316 g/mol. The first-order valence-electron chi connectivity index (χ1n) is 6.43. The van der Waals surface area contributed by atoms with Gasteiger partial charge in [0.25, 0.3) is 0 Å². The molecule has 0 saturated heterocycles. The molecule has 2 N–H and O–H groups in total. The van der Waals surface area contributed by atoms with Gasteiger partial charge in [0.1, 0.15) is 0 Å². The molecule has 0 saturated carbocycles. The van der Waals surface area contributed by atoms with Gasteiger partial charge in [-0.25, -0.2) is 13.2 Å². The fourth-order valence-corrected chi connectivity index (χ4v) is 2.84. The van der Waals surface area contributed by atoms with Crippen LogP contribution in [0.1, 0.15) is 13.8 Å². The van der Waals surface area contributed by atoms with Gasteiger partial charge in [-0.15, -0.1) is 0 Å². The van der Waals surface area contributed by atoms with Crippen molar-refractivity contribution in [2.75, 3.05) is 29.5 Å². The molecule has 1 atom stereocenters. The third-order valence-electron chi connectivity index (χ3n) is 2.54. The van der Waals surface area contributed by atoms with Crippen LogP contribution in [0.3, 0.4) is 0 Å². The maximum atomic E-state index is 11.8. The number of ether oxygens (including phenoxy) is 2. The van der Waals surface area contributed by atoms with Crippen molar-refractivity contribution in [1.82, 2.24) is 0 Å². The average molecular weight is 316 g/mol. The van der Waals surface area contributed by atoms with Crippen LogP contribution in [0.2, 0.25) is 0 Å². The Kier molecular flexibility index (Phi) is 6.44. The molecule has 1 rings (SSSR count). The van der Waals surface area contributed by atoms with E-state index in [9.17, 15) is 13.2 Å². The Hall–Kier alpha value is -1.80. The zero-order valence-corrected chi connectivity index (χ0v) is 13.1. The molecule has 0 aliphatic carbocycles. The first kappa shape index (κ1) is 17.3. The molecule has 1 unspecified atom stereocenters. The number of benzene rings is 1. The summed E-state index contributed by atoms with van der Waals surface area (Å²) in [6.07, 6.45) is -0.952. The standard InChI is InChI=1S/C13H20N2O5S/c1-4-20-13(16)14-11-5-7-12(8-6-11)15-21(17,18)9-10(2)19-3/h5-8,10,15H,4,9H2,1-3H3,(H,14,16). The Balaban J connectivity index is 2.64. The predicted molar refractivity (Wildman–Crippen MR) is 81.0 cm³/mol. The summed E-state index contributed by atoms with van der Waals surface area (Å²) in [4.78, 5) is 11.2. The first-order valence-corrected chi connectivity index (χ1v) is 8.08. The van der Waals surface area contributed by atoms with E-state index in [0.717, 1.165) is 0 Å². The summed E-state index contributed by atoms with van der Waals surface area (Å²) in [5.41, 5.74) is 0.925. The van der Waals surface area contributed by atoms with Gasteiger partial charge in [-0.1, -0.05) is 0 Å². The highest BCUT2D eigenvalue weighted by atomic mass is 32.2. The van der Waals surface area contributed by atoms with Crippen LogP contribution in [0.4, 0.5) is 16.2 Å². The number of methoxy groups -OCH3 is 1. The Morgan fingerprint density at radius 1 is 1.24 bits per heavy atom. The minimum atomic E-state index is -3.48. The number of anilines is 2. The van der Waals surface area contributed by atoms with Gasteiger partial charge in [0, 0.05) is 18.5 Å². The summed E-state index contributed by atoms with van der Waals surface area (Å²) in [5.74, 6) is -0.133. The number of hydrogen-bond acceptors (Lipinski definition) is 5. The summed E-state index contributed by atoms with van der Waals surface area (Å²) in [7, 11) is -2.02. The van der Waals surface area contributed by atoms with Crippen molar-refractivity contribution in [2.45, 2.75) is 20.0 Å². The maximum absolute atomic E-state index is 11.8. The van der Waals surface area contributed by atoms with Crippen LogP contribution in [-0.4, -0.2) is 40.1 Å². The molecule has 0 radical (unpaired) electrons. The number of amides is 1. The quantitative estimate of drug-likeness (QED) is 0.803. The SMILES string of the molecule is CCOC(=O)Nc1ccc(NS(=O)(=O)CC(C)OC)cc1. The molecule has 1 amide bonds. The lowest BCUT2D eigenvalue weighted by Crippen LogP contribution is -2.25. The van der Waals surface area contributed by atoms with Gasteiger partial charge in [-0.2, -0.15) is 0 Å². The lowest BCUT2D eigenvalue weighted by Gasteiger charge is -2.12. The van der Waals surface area contributed by atoms with Crippen molar-refractivity contribution >= 4 is 27.5 Å². The average Bonchev–Trinajstić information content (AvgIpc) is 2.40. The largest absolute Gasteiger partial charge is 0.450 e. The highest BCUT2D eigenvalue weighted by Gasteiger charge is 2.15. The highest BCUT2D eigenvalue weighted by Crippen LogP contribution is 2.15. The molecule has 0 aliphatic rings. The molecule has 0 fully saturated rings. The Labute approximate surface area is 124 Å². The molecule has 8 heteroatoms. The molecule has 0 bridgehead atoms. The fraction of sp³-hybridized carbons (Fsp3) is 0.462. The number of carbonyl (C=O) groups is 1. The smallest absolute Gasteiger partial charge is 0.411 e. The molecule has 118 valence electrons. The molecular weight excluding hydrogens is 296 g/mol. The fourth-order valence-electron chi connectivity index (χ4n) is 1.50. The summed E-state index contributed by atoms with van der Waals surface area (Å²) >= 11 is 0. The third-order valence-corrected chi connectivity index (χ3v) is 3.99. The van der Waals surface area contributed by atoms with E-state index in [0.29, 0.717) is 11.4 Å². The summed E-state index contributed by atoms with van der Waals surface area (Å²) in [6, 6.07) is 6.26. The maximum Gasteiger partial charge on any atom is 0.411 e. The normalized spacial score (nSPS) is 12.5. The molecule has 0 aliphatic heterocycles. The van der Waals surface area contributed by atoms with E-state index < -0.39 is 22.2 Å². The number of rotatable bonds is 7. The van der Waals surface area contributed by atoms with Crippen molar-refractivity contribution in [3.05, 3.63) is 24.3 Å². The van der Waals surface area contributed by atoms with E-state index in [4.69, 9.17) is 9.47 Å². The molecule has 21 heavy (non-hydrogen) atoms. The van der Waals surface area contributed by atoms with Crippen molar-refractivity contribution in [2.24, 2.45) is 0 Å². The molecule has 7 nitrogen and oxygen atoms in total. The van der Waals surface area contributed by atoms with Crippen molar-refractivity contribution in [1.29, 1.82) is 0 Å². The van der Waals surface area contributed by atoms with Crippen LogP contribution >= 0.6 is 0 Å². The summed E-state index contributed by atoms with van der Waals surface area (Å²) in [6.45, 7) is 3.66. The van der Waals surface area contributed by atoms with Gasteiger partial charge >= 0.3 is 6.09 Å². The third kappa shape index (κ3) is 6.46. The predicted octanol–water partition coefficient (Wildman–Crippen LogP) is 2.03. The second kappa shape index (κ2) is 7.84. The van der Waals surface area contributed by atoms with Crippen LogP contribution in [0.5, 0.6) is 0 Å². The number of hydrogen-bond donors (Lipinski definition) is 2. The Bertz CT molecular complexity index is 556. The van der Waals surface area contributed by atoms with Crippen LogP contribution < -0.4 is 10.0 Å². The highest BCUT2D eigenvalue weighted by molar-refractivity contribution is 7.92. The van der Waals surface area contributed by atoms with Gasteiger partial charge in [0.05, 0.1) is 18.5 Å². The molecular formula is C13H20N2O5S.